The van der Waals surface area contributed by atoms with Gasteiger partial charge in [-0.2, -0.15) is 0 Å². The Labute approximate surface area is 198 Å². The lowest BCUT2D eigenvalue weighted by Gasteiger charge is -2.29. The fourth-order valence-electron chi connectivity index (χ4n) is 4.25. The number of carbonyl (C=O) groups excluding carboxylic acids is 2. The van der Waals surface area contributed by atoms with Crippen molar-refractivity contribution in [1.29, 1.82) is 0 Å². The maximum Gasteiger partial charge on any atom is 0.269 e. The summed E-state index contributed by atoms with van der Waals surface area (Å²) in [5.74, 6) is -1.98. The molecule has 2 saturated heterocycles. The zero-order valence-corrected chi connectivity index (χ0v) is 18.3. The van der Waals surface area contributed by atoms with Crippen molar-refractivity contribution in [2.24, 2.45) is 5.92 Å². The van der Waals surface area contributed by atoms with Crippen molar-refractivity contribution in [3.8, 4) is 0 Å². The number of imide groups is 1. The monoisotopic (exact) mass is 483 g/mol. The fourth-order valence-corrected chi connectivity index (χ4v) is 4.60. The molecule has 2 heterocycles. The third-order valence-electron chi connectivity index (χ3n) is 5.72. The number of hydrogen-bond donors (Lipinski definition) is 0. The Morgan fingerprint density at radius 2 is 1.58 bits per heavy atom. The van der Waals surface area contributed by atoms with Crippen LogP contribution in [0.3, 0.4) is 0 Å². The predicted octanol–water partition coefficient (Wildman–Crippen LogP) is 4.95. The van der Waals surface area contributed by atoms with Crippen molar-refractivity contribution in [3.05, 3.63) is 98.5 Å². The molecule has 0 unspecified atom stereocenters. The third kappa shape index (κ3) is 3.52. The van der Waals surface area contributed by atoms with Gasteiger partial charge in [-0.3, -0.25) is 24.5 Å². The lowest BCUT2D eigenvalue weighted by molar-refractivity contribution is -0.384. The van der Waals surface area contributed by atoms with Crippen LogP contribution >= 0.6 is 23.2 Å². The highest BCUT2D eigenvalue weighted by Gasteiger charge is 2.60. The van der Waals surface area contributed by atoms with E-state index in [1.807, 2.05) is 6.07 Å². The van der Waals surface area contributed by atoms with Crippen LogP contribution in [0.4, 0.5) is 17.1 Å². The van der Waals surface area contributed by atoms with E-state index in [1.165, 1.54) is 23.3 Å². The summed E-state index contributed by atoms with van der Waals surface area (Å²) in [6.45, 7) is 0. The zero-order chi connectivity index (χ0) is 23.3. The van der Waals surface area contributed by atoms with E-state index in [0.717, 1.165) is 4.90 Å². The summed E-state index contributed by atoms with van der Waals surface area (Å²) in [6.07, 6.45) is -1.12. The van der Waals surface area contributed by atoms with Gasteiger partial charge in [0.1, 0.15) is 5.92 Å². The van der Waals surface area contributed by atoms with Gasteiger partial charge in [-0.1, -0.05) is 41.4 Å². The molecule has 0 bridgehead atoms. The minimum absolute atomic E-state index is 0.183. The van der Waals surface area contributed by atoms with E-state index < -0.39 is 34.8 Å². The molecule has 5 rings (SSSR count). The summed E-state index contributed by atoms with van der Waals surface area (Å²) in [4.78, 5) is 44.8. The highest BCUT2D eigenvalue weighted by molar-refractivity contribution is 6.32. The summed E-state index contributed by atoms with van der Waals surface area (Å²) in [7, 11) is 0. The number of para-hydroxylation sites is 1. The van der Waals surface area contributed by atoms with Crippen LogP contribution in [0.5, 0.6) is 0 Å². The molecule has 0 aliphatic carbocycles. The molecule has 0 aromatic heterocycles. The van der Waals surface area contributed by atoms with Gasteiger partial charge in [0.15, 0.2) is 6.10 Å². The smallest absolute Gasteiger partial charge is 0.269 e. The van der Waals surface area contributed by atoms with Crippen molar-refractivity contribution in [3.63, 3.8) is 0 Å². The molecule has 0 spiro atoms. The molecule has 166 valence electrons. The highest BCUT2D eigenvalue weighted by Crippen LogP contribution is 2.49. The number of rotatable bonds is 4. The van der Waals surface area contributed by atoms with Crippen molar-refractivity contribution >= 4 is 52.1 Å². The third-order valence-corrected chi connectivity index (χ3v) is 6.32. The van der Waals surface area contributed by atoms with E-state index in [-0.39, 0.29) is 10.7 Å². The molecule has 2 aliphatic heterocycles. The van der Waals surface area contributed by atoms with Crippen LogP contribution in [0.25, 0.3) is 0 Å². The van der Waals surface area contributed by atoms with Crippen LogP contribution in [-0.2, 0) is 14.4 Å². The minimum Gasteiger partial charge on any atom is -0.273 e. The van der Waals surface area contributed by atoms with Crippen molar-refractivity contribution in [2.45, 2.75) is 12.1 Å². The Morgan fingerprint density at radius 1 is 0.879 bits per heavy atom. The molecular weight excluding hydrogens is 469 g/mol. The highest BCUT2D eigenvalue weighted by atomic mass is 35.5. The van der Waals surface area contributed by atoms with Crippen LogP contribution in [0.1, 0.15) is 11.6 Å². The first-order valence-electron chi connectivity index (χ1n) is 9.95. The SMILES string of the molecule is O=C1[C@H]2[C@@H](ON(c3ccccc3)[C@H]2c2cc([N+](=O)[O-])ccc2Cl)C(=O)N1c1ccc(Cl)cc1. The largest absolute Gasteiger partial charge is 0.273 e. The molecule has 33 heavy (non-hydrogen) atoms. The second-order valence-electron chi connectivity index (χ2n) is 7.61. The zero-order valence-electron chi connectivity index (χ0n) is 16.8. The minimum atomic E-state index is -1.12. The van der Waals surface area contributed by atoms with Crippen LogP contribution in [0.15, 0.2) is 72.8 Å². The summed E-state index contributed by atoms with van der Waals surface area (Å²) < 4.78 is 0. The number of hydroxylamine groups is 1. The predicted molar refractivity (Wildman–Crippen MR) is 122 cm³/mol. The first-order chi connectivity index (χ1) is 15.9. The molecule has 2 aliphatic rings. The average Bonchev–Trinajstić information content (AvgIpc) is 3.31. The lowest BCUT2D eigenvalue weighted by atomic mass is 9.90. The normalized spacial score (nSPS) is 22.1. The summed E-state index contributed by atoms with van der Waals surface area (Å²) in [6, 6.07) is 18.3. The molecule has 3 aromatic carbocycles. The fraction of sp³-hybridized carbons (Fsp3) is 0.130. The number of nitro benzene ring substituents is 1. The molecule has 2 fully saturated rings. The van der Waals surface area contributed by atoms with E-state index >= 15 is 0 Å². The van der Waals surface area contributed by atoms with Gasteiger partial charge in [-0.25, -0.2) is 9.96 Å². The molecule has 10 heteroatoms. The Morgan fingerprint density at radius 3 is 2.24 bits per heavy atom. The standard InChI is InChI=1S/C23H15Cl2N3O5/c24-13-6-8-14(9-7-13)26-22(29)19-20(17-12-16(28(31)32)10-11-18(17)25)27(33-21(19)23(26)30)15-4-2-1-3-5-15/h1-12,19-21H/t19-,20+,21-/m1/s1. The van der Waals surface area contributed by atoms with E-state index in [0.29, 0.717) is 22.0 Å². The number of halogens is 2. The van der Waals surface area contributed by atoms with Gasteiger partial charge in [0.05, 0.1) is 22.3 Å². The van der Waals surface area contributed by atoms with E-state index in [1.54, 1.807) is 48.5 Å². The Bertz CT molecular complexity index is 1270. The van der Waals surface area contributed by atoms with Gasteiger partial charge >= 0.3 is 0 Å². The maximum absolute atomic E-state index is 13.6. The van der Waals surface area contributed by atoms with Crippen LogP contribution in [0.2, 0.25) is 10.0 Å². The Kier molecular flexibility index (Phi) is 5.28. The molecule has 0 N–H and O–H groups in total. The number of amides is 2. The number of non-ortho nitro benzene ring substituents is 1. The topological polar surface area (TPSA) is 93.0 Å². The second kappa shape index (κ2) is 8.15. The van der Waals surface area contributed by atoms with Gasteiger partial charge in [0, 0.05) is 27.7 Å². The number of nitro groups is 1. The second-order valence-corrected chi connectivity index (χ2v) is 8.45. The quantitative estimate of drug-likeness (QED) is 0.296. The van der Waals surface area contributed by atoms with Gasteiger partial charge in [0.2, 0.25) is 5.91 Å². The van der Waals surface area contributed by atoms with E-state index in [9.17, 15) is 19.7 Å². The van der Waals surface area contributed by atoms with E-state index in [4.69, 9.17) is 28.0 Å². The van der Waals surface area contributed by atoms with Crippen molar-refractivity contribution < 1.29 is 19.3 Å². The first-order valence-corrected chi connectivity index (χ1v) is 10.7. The Hall–Kier alpha value is -3.46. The van der Waals surface area contributed by atoms with Crippen molar-refractivity contribution in [2.75, 3.05) is 9.96 Å². The molecule has 0 saturated carbocycles. The number of benzene rings is 3. The number of carbonyl (C=O) groups is 2. The molecule has 8 nitrogen and oxygen atoms in total. The number of nitrogens with zero attached hydrogens (tertiary/aromatic N) is 3. The van der Waals surface area contributed by atoms with Gasteiger partial charge < -0.3 is 0 Å². The molecule has 2 amide bonds. The Balaban J connectivity index is 1.63. The average molecular weight is 484 g/mol. The number of fused-ring (bicyclic) bond motifs is 1. The lowest BCUT2D eigenvalue weighted by Crippen LogP contribution is -2.37. The van der Waals surface area contributed by atoms with Gasteiger partial charge in [-0.15, -0.1) is 0 Å². The first kappa shape index (κ1) is 21.4. The number of anilines is 2. The molecule has 3 atom stereocenters. The van der Waals surface area contributed by atoms with Crippen LogP contribution in [-0.4, -0.2) is 22.8 Å². The molecule has 0 radical (unpaired) electrons. The van der Waals surface area contributed by atoms with Crippen LogP contribution < -0.4 is 9.96 Å². The van der Waals surface area contributed by atoms with E-state index in [2.05, 4.69) is 0 Å². The molecular formula is C23H15Cl2N3O5. The summed E-state index contributed by atoms with van der Waals surface area (Å²) in [5.41, 5.74) is 1.08. The molecule has 3 aromatic rings. The van der Waals surface area contributed by atoms with Gasteiger partial charge in [0.25, 0.3) is 11.6 Å². The number of hydrogen-bond acceptors (Lipinski definition) is 6. The summed E-state index contributed by atoms with van der Waals surface area (Å²) >= 11 is 12.4. The maximum atomic E-state index is 13.6. The summed E-state index contributed by atoms with van der Waals surface area (Å²) in [5, 5.41) is 13.5. The van der Waals surface area contributed by atoms with Gasteiger partial charge in [-0.05, 0) is 42.5 Å². The van der Waals surface area contributed by atoms with Crippen molar-refractivity contribution in [1.82, 2.24) is 0 Å². The van der Waals surface area contributed by atoms with Crippen LogP contribution in [0, 0.1) is 16.0 Å².